The second kappa shape index (κ2) is 53.9. The van der Waals surface area contributed by atoms with Crippen LogP contribution in [-0.2, 0) is 28.6 Å². The molecule has 0 aliphatic rings. The van der Waals surface area contributed by atoms with E-state index < -0.39 is 6.10 Å². The molecular weight excluding hydrogens is 829 g/mol. The fourth-order valence-electron chi connectivity index (χ4n) is 6.49. The maximum Gasteiger partial charge on any atom is 0.306 e. The SMILES string of the molecule is CC/C=C\C/C=C\C/C=C\C/C=C\C/C=C\C/C=C\CCC(=O)OCC(COC(=O)CC/C=C\C/C=C\C/C=C\C/C=C\C/C=C\C/C=C\CC)OC(=O)CCCCCCCCCCCCC. The Kier molecular flexibility index (Phi) is 50.1. The van der Waals surface area contributed by atoms with Gasteiger partial charge in [-0.1, -0.05) is 231 Å². The third kappa shape index (κ3) is 52.1. The van der Waals surface area contributed by atoms with Gasteiger partial charge in [-0.3, -0.25) is 14.4 Å². The third-order valence-electron chi connectivity index (χ3n) is 10.4. The molecule has 6 nitrogen and oxygen atoms in total. The fourth-order valence-corrected chi connectivity index (χ4v) is 6.49. The maximum atomic E-state index is 12.8. The summed E-state index contributed by atoms with van der Waals surface area (Å²) in [5.74, 6) is -1.12. The molecule has 0 aromatic carbocycles. The average molecular weight is 923 g/mol. The molecule has 6 heteroatoms. The highest BCUT2D eigenvalue weighted by Crippen LogP contribution is 2.13. The van der Waals surface area contributed by atoms with Crippen LogP contribution in [0.5, 0.6) is 0 Å². The lowest BCUT2D eigenvalue weighted by atomic mass is 10.1. The molecule has 374 valence electrons. The molecule has 0 spiro atoms. The van der Waals surface area contributed by atoms with Crippen molar-refractivity contribution in [2.75, 3.05) is 13.2 Å². The lowest BCUT2D eigenvalue weighted by molar-refractivity contribution is -0.166. The van der Waals surface area contributed by atoms with Gasteiger partial charge in [-0.05, 0) is 96.3 Å². The van der Waals surface area contributed by atoms with Crippen LogP contribution in [0.15, 0.2) is 146 Å². The first-order chi connectivity index (χ1) is 33.0. The van der Waals surface area contributed by atoms with Gasteiger partial charge in [-0.15, -0.1) is 0 Å². The minimum Gasteiger partial charge on any atom is -0.462 e. The van der Waals surface area contributed by atoms with Crippen molar-refractivity contribution in [1.29, 1.82) is 0 Å². The Labute approximate surface area is 410 Å². The highest BCUT2D eigenvalue weighted by molar-refractivity contribution is 5.71. The van der Waals surface area contributed by atoms with E-state index in [4.69, 9.17) is 14.2 Å². The van der Waals surface area contributed by atoms with Crippen LogP contribution in [0, 0.1) is 0 Å². The number of esters is 3. The first-order valence-corrected chi connectivity index (χ1v) is 26.3. The van der Waals surface area contributed by atoms with Crippen molar-refractivity contribution in [2.24, 2.45) is 0 Å². The molecule has 0 aliphatic heterocycles. The number of rotatable bonds is 45. The Hall–Kier alpha value is -4.71. The Balaban J connectivity index is 4.60. The van der Waals surface area contributed by atoms with Gasteiger partial charge >= 0.3 is 17.9 Å². The summed E-state index contributed by atoms with van der Waals surface area (Å²) >= 11 is 0. The topological polar surface area (TPSA) is 78.9 Å². The number of hydrogen-bond donors (Lipinski definition) is 0. The minimum atomic E-state index is -0.843. The standard InChI is InChI=1S/C61H94O6/c1-4-7-10-13-16-19-22-24-26-28-30-32-34-36-39-41-44-47-50-53-59(62)65-56-58(67-61(64)55-52-49-46-43-38-21-18-15-12-9-6-3)57-66-60(63)54-51-48-45-42-40-37-35-33-31-29-27-25-23-20-17-14-11-8-5-2/h7-8,10-11,16-17,19-20,24-27,30-33,36-37,39-40,44-45,47-48,58H,4-6,9,12-15,18,21-23,28-29,34-35,38,41-43,46,49-57H2,1-3H3/b10-7-,11-8-,19-16-,20-17-,26-24-,27-25-,32-30-,33-31-,39-36-,40-37-,47-44-,48-45-. The molecule has 0 bridgehead atoms. The monoisotopic (exact) mass is 923 g/mol. The molecule has 0 atom stereocenters. The van der Waals surface area contributed by atoms with Crippen LogP contribution < -0.4 is 0 Å². The minimum absolute atomic E-state index is 0.146. The molecule has 0 aromatic heterocycles. The van der Waals surface area contributed by atoms with Crippen LogP contribution in [0.25, 0.3) is 0 Å². The van der Waals surface area contributed by atoms with Crippen LogP contribution in [0.1, 0.15) is 201 Å². The highest BCUT2D eigenvalue weighted by Gasteiger charge is 2.19. The largest absolute Gasteiger partial charge is 0.462 e. The van der Waals surface area contributed by atoms with Crippen molar-refractivity contribution in [2.45, 2.75) is 207 Å². The van der Waals surface area contributed by atoms with E-state index in [-0.39, 0.29) is 44.0 Å². The van der Waals surface area contributed by atoms with Gasteiger partial charge in [-0.2, -0.15) is 0 Å². The Bertz CT molecular complexity index is 1430. The number of unbranched alkanes of at least 4 members (excludes halogenated alkanes) is 10. The van der Waals surface area contributed by atoms with Gasteiger partial charge in [0.25, 0.3) is 0 Å². The summed E-state index contributed by atoms with van der Waals surface area (Å²) in [6, 6.07) is 0. The van der Waals surface area contributed by atoms with Gasteiger partial charge < -0.3 is 14.2 Å². The Morgan fingerprint density at radius 1 is 0.313 bits per heavy atom. The van der Waals surface area contributed by atoms with Crippen LogP contribution in [0.4, 0.5) is 0 Å². The predicted molar refractivity (Wildman–Crippen MR) is 288 cm³/mol. The summed E-state index contributed by atoms with van der Waals surface area (Å²) in [6.07, 6.45) is 77.1. The molecular formula is C61H94O6. The molecule has 0 amide bonds. The van der Waals surface area contributed by atoms with Gasteiger partial charge in [-0.25, -0.2) is 0 Å². The summed E-state index contributed by atoms with van der Waals surface area (Å²) in [7, 11) is 0. The average Bonchev–Trinajstić information content (AvgIpc) is 3.33. The van der Waals surface area contributed by atoms with E-state index in [0.717, 1.165) is 96.3 Å². The summed E-state index contributed by atoms with van der Waals surface area (Å²) in [4.78, 5) is 37.9. The van der Waals surface area contributed by atoms with Crippen LogP contribution in [0.3, 0.4) is 0 Å². The zero-order valence-electron chi connectivity index (χ0n) is 42.6. The molecule has 0 heterocycles. The first kappa shape index (κ1) is 62.3. The van der Waals surface area contributed by atoms with E-state index in [2.05, 4.69) is 142 Å². The molecule has 0 aromatic rings. The van der Waals surface area contributed by atoms with E-state index >= 15 is 0 Å². The van der Waals surface area contributed by atoms with Gasteiger partial charge in [0, 0.05) is 19.3 Å². The van der Waals surface area contributed by atoms with E-state index in [1.54, 1.807) is 0 Å². The lowest BCUT2D eigenvalue weighted by Gasteiger charge is -2.18. The molecule has 0 N–H and O–H groups in total. The van der Waals surface area contributed by atoms with E-state index in [9.17, 15) is 14.4 Å². The maximum absolute atomic E-state index is 12.8. The molecule has 0 unspecified atom stereocenters. The second-order valence-electron chi connectivity index (χ2n) is 16.7. The third-order valence-corrected chi connectivity index (χ3v) is 10.4. The summed E-state index contributed by atoms with van der Waals surface area (Å²) < 4.78 is 16.6. The Morgan fingerprint density at radius 2 is 0.582 bits per heavy atom. The molecule has 0 radical (unpaired) electrons. The molecule has 0 fully saturated rings. The van der Waals surface area contributed by atoms with Gasteiger partial charge in [0.2, 0.25) is 0 Å². The molecule has 0 saturated carbocycles. The van der Waals surface area contributed by atoms with Crippen molar-refractivity contribution < 1.29 is 28.6 Å². The van der Waals surface area contributed by atoms with Gasteiger partial charge in [0.15, 0.2) is 6.10 Å². The number of ether oxygens (including phenoxy) is 3. The smallest absolute Gasteiger partial charge is 0.306 e. The number of carbonyl (C=O) groups is 3. The normalized spacial score (nSPS) is 12.9. The predicted octanol–water partition coefficient (Wildman–Crippen LogP) is 17.6. The fraction of sp³-hybridized carbons (Fsp3) is 0.557. The van der Waals surface area contributed by atoms with Crippen LogP contribution in [0.2, 0.25) is 0 Å². The van der Waals surface area contributed by atoms with Crippen LogP contribution in [-0.4, -0.2) is 37.2 Å². The van der Waals surface area contributed by atoms with Gasteiger partial charge in [0.1, 0.15) is 13.2 Å². The molecule has 0 aliphatic carbocycles. The molecule has 67 heavy (non-hydrogen) atoms. The van der Waals surface area contributed by atoms with E-state index in [1.807, 2.05) is 24.3 Å². The summed E-state index contributed by atoms with van der Waals surface area (Å²) in [5, 5.41) is 0. The van der Waals surface area contributed by atoms with E-state index in [1.165, 1.54) is 51.4 Å². The zero-order valence-corrected chi connectivity index (χ0v) is 42.6. The van der Waals surface area contributed by atoms with Crippen molar-refractivity contribution in [3.8, 4) is 0 Å². The second-order valence-corrected chi connectivity index (χ2v) is 16.7. The number of hydrogen-bond acceptors (Lipinski definition) is 6. The zero-order chi connectivity index (χ0) is 48.6. The van der Waals surface area contributed by atoms with Crippen molar-refractivity contribution >= 4 is 17.9 Å². The van der Waals surface area contributed by atoms with Crippen molar-refractivity contribution in [1.82, 2.24) is 0 Å². The first-order valence-electron chi connectivity index (χ1n) is 26.3. The Morgan fingerprint density at radius 3 is 0.881 bits per heavy atom. The molecule has 0 saturated heterocycles. The highest BCUT2D eigenvalue weighted by atomic mass is 16.6. The lowest BCUT2D eigenvalue weighted by Crippen LogP contribution is -2.30. The number of carbonyl (C=O) groups excluding carboxylic acids is 3. The quantitative estimate of drug-likeness (QED) is 0.0262. The van der Waals surface area contributed by atoms with Crippen LogP contribution >= 0.6 is 0 Å². The number of allylic oxidation sites excluding steroid dienone is 24. The van der Waals surface area contributed by atoms with E-state index in [0.29, 0.717) is 19.3 Å². The summed E-state index contributed by atoms with van der Waals surface area (Å²) in [6.45, 7) is 6.25. The molecule has 0 rings (SSSR count). The van der Waals surface area contributed by atoms with Gasteiger partial charge in [0.05, 0.1) is 0 Å². The van der Waals surface area contributed by atoms with Crippen molar-refractivity contribution in [3.63, 3.8) is 0 Å². The summed E-state index contributed by atoms with van der Waals surface area (Å²) in [5.41, 5.74) is 0. The van der Waals surface area contributed by atoms with Crippen molar-refractivity contribution in [3.05, 3.63) is 146 Å².